The van der Waals surface area contributed by atoms with E-state index in [1.807, 2.05) is 0 Å². The summed E-state index contributed by atoms with van der Waals surface area (Å²) in [5.74, 6) is 0. The van der Waals surface area contributed by atoms with Crippen molar-refractivity contribution < 1.29 is 4.74 Å². The Hall–Kier alpha value is 0.440. The smallest absolute Gasteiger partial charge is 0.0703 e. The zero-order valence-electron chi connectivity index (χ0n) is 11.4. The Morgan fingerprint density at radius 1 is 0.941 bits per heavy atom. The van der Waals surface area contributed by atoms with Gasteiger partial charge in [-0.1, -0.05) is 49.0 Å². The van der Waals surface area contributed by atoms with Crippen LogP contribution in [0.15, 0.2) is 0 Å². The van der Waals surface area contributed by atoms with Crippen LogP contribution in [0.5, 0.6) is 0 Å². The third-order valence-corrected chi connectivity index (χ3v) is 5.57. The van der Waals surface area contributed by atoms with Crippen molar-refractivity contribution >= 4 is 15.9 Å². The molecule has 0 spiro atoms. The van der Waals surface area contributed by atoms with Gasteiger partial charge in [0, 0.05) is 4.83 Å². The Labute approximate surface area is 115 Å². The van der Waals surface area contributed by atoms with E-state index in [9.17, 15) is 0 Å². The molecule has 2 aliphatic rings. The van der Waals surface area contributed by atoms with Crippen molar-refractivity contribution in [3.05, 3.63) is 0 Å². The fourth-order valence-corrected chi connectivity index (χ4v) is 3.85. The highest BCUT2D eigenvalue weighted by molar-refractivity contribution is 9.09. The van der Waals surface area contributed by atoms with Crippen molar-refractivity contribution in [3.8, 4) is 0 Å². The van der Waals surface area contributed by atoms with E-state index in [0.29, 0.717) is 22.5 Å². The van der Waals surface area contributed by atoms with E-state index in [1.54, 1.807) is 0 Å². The number of halogens is 1. The number of ether oxygens (including phenoxy) is 1. The quantitative estimate of drug-likeness (QED) is 0.511. The molecular formula is C15H27BrO. The molecule has 0 radical (unpaired) electrons. The fourth-order valence-electron chi connectivity index (χ4n) is 3.14. The second kappa shape index (κ2) is 6.06. The molecule has 1 nitrogen and oxygen atoms in total. The molecular weight excluding hydrogens is 276 g/mol. The summed E-state index contributed by atoms with van der Waals surface area (Å²) in [6.07, 6.45) is 12.9. The third kappa shape index (κ3) is 4.24. The second-order valence-corrected chi connectivity index (χ2v) is 7.87. The standard InChI is InChI=1S/C15H27BrO/c1-15(2)10-8-12(9-11-15)17-14-7-5-3-4-6-13(14)16/h12-14H,3-11H2,1-2H3. The first kappa shape index (κ1) is 13.9. The van der Waals surface area contributed by atoms with Crippen LogP contribution in [0.4, 0.5) is 0 Å². The lowest BCUT2D eigenvalue weighted by Gasteiger charge is -2.36. The van der Waals surface area contributed by atoms with Crippen LogP contribution in [0.25, 0.3) is 0 Å². The second-order valence-electron chi connectivity index (χ2n) is 6.69. The first-order chi connectivity index (χ1) is 8.07. The summed E-state index contributed by atoms with van der Waals surface area (Å²) in [5, 5.41) is 0. The first-order valence-electron chi connectivity index (χ1n) is 7.36. The Morgan fingerprint density at radius 3 is 2.29 bits per heavy atom. The molecule has 2 fully saturated rings. The minimum atomic E-state index is 0.476. The third-order valence-electron chi connectivity index (χ3n) is 4.53. The Balaban J connectivity index is 1.80. The SMILES string of the molecule is CC1(C)CCC(OC2CCCCCC2Br)CC1. The number of hydrogen-bond acceptors (Lipinski definition) is 1. The van der Waals surface area contributed by atoms with Gasteiger partial charge in [0.25, 0.3) is 0 Å². The summed E-state index contributed by atoms with van der Waals surface area (Å²) >= 11 is 3.83. The average molecular weight is 303 g/mol. The normalized spacial score (nSPS) is 35.5. The molecule has 0 amide bonds. The highest BCUT2D eigenvalue weighted by Gasteiger charge is 2.30. The van der Waals surface area contributed by atoms with Gasteiger partial charge in [0.15, 0.2) is 0 Å². The van der Waals surface area contributed by atoms with Crippen LogP contribution < -0.4 is 0 Å². The summed E-state index contributed by atoms with van der Waals surface area (Å²) in [5.41, 5.74) is 0.553. The predicted molar refractivity (Wildman–Crippen MR) is 76.7 cm³/mol. The first-order valence-corrected chi connectivity index (χ1v) is 8.28. The van der Waals surface area contributed by atoms with E-state index in [1.165, 1.54) is 57.8 Å². The molecule has 2 aliphatic carbocycles. The molecule has 17 heavy (non-hydrogen) atoms. The minimum absolute atomic E-state index is 0.476. The molecule has 0 saturated heterocycles. The Kier molecular flexibility index (Phi) is 4.94. The van der Waals surface area contributed by atoms with Crippen LogP contribution in [-0.2, 0) is 4.74 Å². The summed E-state index contributed by atoms with van der Waals surface area (Å²) < 4.78 is 6.37. The molecule has 0 aromatic heterocycles. The van der Waals surface area contributed by atoms with Gasteiger partial charge in [-0.25, -0.2) is 0 Å². The fraction of sp³-hybridized carbons (Fsp3) is 1.00. The van der Waals surface area contributed by atoms with Crippen LogP contribution in [0.2, 0.25) is 0 Å². The van der Waals surface area contributed by atoms with Crippen molar-refractivity contribution in [2.24, 2.45) is 5.41 Å². The Morgan fingerprint density at radius 2 is 1.59 bits per heavy atom. The van der Waals surface area contributed by atoms with E-state index in [0.717, 1.165) is 0 Å². The minimum Gasteiger partial charge on any atom is -0.374 e. The van der Waals surface area contributed by atoms with Crippen molar-refractivity contribution in [3.63, 3.8) is 0 Å². The highest BCUT2D eigenvalue weighted by Crippen LogP contribution is 2.38. The molecule has 0 aliphatic heterocycles. The molecule has 0 aromatic rings. The summed E-state index contributed by atoms with van der Waals surface area (Å²) in [7, 11) is 0. The van der Waals surface area contributed by atoms with Gasteiger partial charge in [-0.05, 0) is 43.9 Å². The van der Waals surface area contributed by atoms with Crippen LogP contribution in [0.1, 0.15) is 71.6 Å². The summed E-state index contributed by atoms with van der Waals surface area (Å²) in [6.45, 7) is 4.78. The molecule has 0 N–H and O–H groups in total. The highest BCUT2D eigenvalue weighted by atomic mass is 79.9. The van der Waals surface area contributed by atoms with E-state index in [-0.39, 0.29) is 0 Å². The van der Waals surface area contributed by atoms with Crippen LogP contribution in [0, 0.1) is 5.41 Å². The van der Waals surface area contributed by atoms with Crippen LogP contribution in [-0.4, -0.2) is 17.0 Å². The molecule has 2 unspecified atom stereocenters. The molecule has 2 atom stereocenters. The van der Waals surface area contributed by atoms with Gasteiger partial charge < -0.3 is 4.74 Å². The van der Waals surface area contributed by atoms with Crippen LogP contribution in [0.3, 0.4) is 0 Å². The average Bonchev–Trinajstić information content (AvgIpc) is 2.47. The van der Waals surface area contributed by atoms with Gasteiger partial charge in [-0.15, -0.1) is 0 Å². The maximum absolute atomic E-state index is 6.37. The van der Waals surface area contributed by atoms with Crippen molar-refractivity contribution in [1.82, 2.24) is 0 Å². The maximum atomic E-state index is 6.37. The summed E-state index contributed by atoms with van der Waals surface area (Å²) in [4.78, 5) is 0.597. The van der Waals surface area contributed by atoms with Gasteiger partial charge in [0.05, 0.1) is 12.2 Å². The van der Waals surface area contributed by atoms with Gasteiger partial charge in [-0.2, -0.15) is 0 Å². The number of rotatable bonds is 2. The van der Waals surface area contributed by atoms with Crippen molar-refractivity contribution in [2.45, 2.75) is 88.7 Å². The molecule has 2 rings (SSSR count). The van der Waals surface area contributed by atoms with Gasteiger partial charge in [0.1, 0.15) is 0 Å². The molecule has 100 valence electrons. The van der Waals surface area contributed by atoms with E-state index < -0.39 is 0 Å². The van der Waals surface area contributed by atoms with E-state index >= 15 is 0 Å². The predicted octanol–water partition coefficient (Wildman–Crippen LogP) is 5.07. The summed E-state index contributed by atoms with van der Waals surface area (Å²) in [6, 6.07) is 0. The zero-order valence-corrected chi connectivity index (χ0v) is 13.0. The van der Waals surface area contributed by atoms with E-state index in [2.05, 4.69) is 29.8 Å². The Bertz CT molecular complexity index is 229. The lowest BCUT2D eigenvalue weighted by Crippen LogP contribution is -2.33. The van der Waals surface area contributed by atoms with Crippen LogP contribution >= 0.6 is 15.9 Å². The van der Waals surface area contributed by atoms with Crippen molar-refractivity contribution in [2.75, 3.05) is 0 Å². The van der Waals surface area contributed by atoms with Gasteiger partial charge in [-0.3, -0.25) is 0 Å². The number of hydrogen-bond donors (Lipinski definition) is 0. The topological polar surface area (TPSA) is 9.23 Å². The number of alkyl halides is 1. The lowest BCUT2D eigenvalue weighted by atomic mass is 9.76. The van der Waals surface area contributed by atoms with E-state index in [4.69, 9.17) is 4.74 Å². The molecule has 0 aromatic carbocycles. The van der Waals surface area contributed by atoms with Crippen molar-refractivity contribution in [1.29, 1.82) is 0 Å². The molecule has 0 heterocycles. The molecule has 0 bridgehead atoms. The monoisotopic (exact) mass is 302 g/mol. The van der Waals surface area contributed by atoms with Gasteiger partial charge >= 0.3 is 0 Å². The molecule has 2 heteroatoms. The largest absolute Gasteiger partial charge is 0.374 e. The maximum Gasteiger partial charge on any atom is 0.0703 e. The molecule has 2 saturated carbocycles. The van der Waals surface area contributed by atoms with Gasteiger partial charge in [0.2, 0.25) is 0 Å². The zero-order chi connectivity index (χ0) is 12.3. The lowest BCUT2D eigenvalue weighted by molar-refractivity contribution is -0.0471.